The molecule has 1 amide bonds. The van der Waals surface area contributed by atoms with Crippen LogP contribution in [0, 0.1) is 6.92 Å². The first-order valence-electron chi connectivity index (χ1n) is 11.5. The molecular weight excluding hydrogens is 452 g/mol. The molecule has 34 heavy (non-hydrogen) atoms. The van der Waals surface area contributed by atoms with E-state index in [0.29, 0.717) is 42.9 Å². The molecule has 0 bridgehead atoms. The highest BCUT2D eigenvalue weighted by molar-refractivity contribution is 7.20. The van der Waals surface area contributed by atoms with Gasteiger partial charge in [0.15, 0.2) is 16.5 Å². The van der Waals surface area contributed by atoms with Crippen molar-refractivity contribution < 1.29 is 9.53 Å². The van der Waals surface area contributed by atoms with Gasteiger partial charge < -0.3 is 20.3 Å². The molecular formula is C23H28N8O2S. The number of hydrogen-bond donors (Lipinski definition) is 3. The number of aromatic nitrogens is 3. The molecule has 3 N–H and O–H groups in total. The third-order valence-corrected chi connectivity index (χ3v) is 6.87. The molecule has 5 rings (SSSR count). The van der Waals surface area contributed by atoms with Crippen molar-refractivity contribution in [3.05, 3.63) is 40.4 Å². The van der Waals surface area contributed by atoms with E-state index in [1.54, 1.807) is 6.21 Å². The maximum Gasteiger partial charge on any atom is 0.280 e. The quantitative estimate of drug-likeness (QED) is 0.363. The van der Waals surface area contributed by atoms with Gasteiger partial charge in [0.1, 0.15) is 4.70 Å². The Bertz CT molecular complexity index is 1180. The Hall–Kier alpha value is -3.15. The van der Waals surface area contributed by atoms with Gasteiger partial charge in [-0.2, -0.15) is 15.1 Å². The summed E-state index contributed by atoms with van der Waals surface area (Å²) < 4.78 is 6.31. The fraction of sp³-hybridized carbons (Fsp3) is 0.435. The lowest BCUT2D eigenvalue weighted by Gasteiger charge is -2.28. The summed E-state index contributed by atoms with van der Waals surface area (Å²) in [6.45, 7) is 6.55. The van der Waals surface area contributed by atoms with Gasteiger partial charge in [0.2, 0.25) is 5.95 Å². The number of carbonyl (C=O) groups is 1. The molecule has 178 valence electrons. The number of aryl methyl sites for hydroxylation is 1. The monoisotopic (exact) mass is 480 g/mol. The SMILES string of the molecule is Cc1cccc(/C=N/Nc2nc(N3CCOCC3)c3sc(C(=O)NC4CCNCC4)nc3n2)c1. The molecule has 2 aliphatic heterocycles. The molecule has 10 nitrogen and oxygen atoms in total. The van der Waals surface area contributed by atoms with Gasteiger partial charge >= 0.3 is 0 Å². The zero-order valence-corrected chi connectivity index (χ0v) is 19.9. The van der Waals surface area contributed by atoms with Gasteiger partial charge in [0.25, 0.3) is 5.91 Å². The second-order valence-electron chi connectivity index (χ2n) is 8.42. The highest BCUT2D eigenvalue weighted by atomic mass is 32.1. The first-order valence-corrected chi connectivity index (χ1v) is 12.4. The fourth-order valence-corrected chi connectivity index (χ4v) is 5.00. The van der Waals surface area contributed by atoms with Crippen molar-refractivity contribution >= 4 is 45.6 Å². The van der Waals surface area contributed by atoms with Crippen molar-refractivity contribution in [3.63, 3.8) is 0 Å². The molecule has 0 saturated carbocycles. The zero-order valence-electron chi connectivity index (χ0n) is 19.1. The first-order chi connectivity index (χ1) is 16.7. The number of carbonyl (C=O) groups excluding carboxylic acids is 1. The zero-order chi connectivity index (χ0) is 23.3. The van der Waals surface area contributed by atoms with E-state index in [0.717, 1.165) is 47.6 Å². The number of ether oxygens (including phenoxy) is 1. The summed E-state index contributed by atoms with van der Waals surface area (Å²) >= 11 is 1.33. The number of amides is 1. The lowest BCUT2D eigenvalue weighted by atomic mass is 10.1. The minimum atomic E-state index is -0.158. The summed E-state index contributed by atoms with van der Waals surface area (Å²) in [4.78, 5) is 28.9. The summed E-state index contributed by atoms with van der Waals surface area (Å²) in [5.74, 6) is 0.934. The molecule has 1 aromatic carbocycles. The van der Waals surface area contributed by atoms with E-state index in [4.69, 9.17) is 9.72 Å². The molecule has 2 aliphatic rings. The average molecular weight is 481 g/mol. The molecule has 0 atom stereocenters. The normalized spacial score (nSPS) is 17.4. The number of hydrazone groups is 1. The van der Waals surface area contributed by atoms with Crippen LogP contribution in [0.1, 0.15) is 33.8 Å². The topological polar surface area (TPSA) is 117 Å². The number of thiazole rings is 1. The van der Waals surface area contributed by atoms with Crippen molar-refractivity contribution in [3.8, 4) is 0 Å². The third-order valence-electron chi connectivity index (χ3n) is 5.84. The van der Waals surface area contributed by atoms with E-state index in [1.807, 2.05) is 31.2 Å². The maximum absolute atomic E-state index is 12.9. The number of hydrogen-bond acceptors (Lipinski definition) is 10. The standard InChI is InChI=1S/C23H28N8O2S/c1-15-3-2-4-16(13-15)14-25-30-23-28-19-18(20(29-23)31-9-11-33-12-10-31)34-22(27-19)21(32)26-17-5-7-24-8-6-17/h2-4,13-14,17,24H,5-12H2,1H3,(H,26,32)(H,28,29,30)/b25-14+. The number of anilines is 2. The summed E-state index contributed by atoms with van der Waals surface area (Å²) in [6.07, 6.45) is 3.57. The summed E-state index contributed by atoms with van der Waals surface area (Å²) in [5.41, 5.74) is 5.57. The molecule has 3 aromatic rings. The van der Waals surface area contributed by atoms with E-state index in [-0.39, 0.29) is 11.9 Å². The lowest BCUT2D eigenvalue weighted by molar-refractivity contribution is 0.0929. The average Bonchev–Trinajstić information content (AvgIpc) is 3.29. The van der Waals surface area contributed by atoms with Crippen LogP contribution in [-0.2, 0) is 4.74 Å². The van der Waals surface area contributed by atoms with E-state index in [1.165, 1.54) is 11.3 Å². The predicted molar refractivity (Wildman–Crippen MR) is 134 cm³/mol. The molecule has 2 fully saturated rings. The molecule has 2 aromatic heterocycles. The van der Waals surface area contributed by atoms with Crippen molar-refractivity contribution in [2.75, 3.05) is 49.7 Å². The summed E-state index contributed by atoms with van der Waals surface area (Å²) in [5, 5.41) is 11.1. The Morgan fingerprint density at radius 2 is 2.06 bits per heavy atom. The number of benzene rings is 1. The van der Waals surface area contributed by atoms with Gasteiger partial charge in [-0.15, -0.1) is 11.3 Å². The minimum absolute atomic E-state index is 0.158. The third kappa shape index (κ3) is 5.32. The van der Waals surface area contributed by atoms with Crippen LogP contribution in [0.25, 0.3) is 10.3 Å². The molecule has 0 aliphatic carbocycles. The number of piperidine rings is 1. The van der Waals surface area contributed by atoms with Crippen LogP contribution in [-0.4, -0.2) is 72.5 Å². The Labute approximate surface area is 201 Å². The van der Waals surface area contributed by atoms with Crippen LogP contribution in [0.5, 0.6) is 0 Å². The Morgan fingerprint density at radius 1 is 1.24 bits per heavy atom. The van der Waals surface area contributed by atoms with Crippen LogP contribution in [0.3, 0.4) is 0 Å². The van der Waals surface area contributed by atoms with Crippen LogP contribution in [0.2, 0.25) is 0 Å². The highest BCUT2D eigenvalue weighted by Gasteiger charge is 2.24. The Morgan fingerprint density at radius 3 is 2.85 bits per heavy atom. The van der Waals surface area contributed by atoms with E-state index in [2.05, 4.69) is 36.0 Å². The van der Waals surface area contributed by atoms with Gasteiger partial charge in [-0.3, -0.25) is 4.79 Å². The second kappa shape index (κ2) is 10.4. The van der Waals surface area contributed by atoms with Crippen molar-refractivity contribution in [2.45, 2.75) is 25.8 Å². The van der Waals surface area contributed by atoms with Crippen LogP contribution in [0.4, 0.5) is 11.8 Å². The molecule has 0 spiro atoms. The van der Waals surface area contributed by atoms with E-state index < -0.39 is 0 Å². The first kappa shape index (κ1) is 22.6. The summed E-state index contributed by atoms with van der Waals surface area (Å²) in [6, 6.07) is 8.22. The fourth-order valence-electron chi connectivity index (χ4n) is 4.07. The molecule has 2 saturated heterocycles. The number of morpholine rings is 1. The highest BCUT2D eigenvalue weighted by Crippen LogP contribution is 2.31. The van der Waals surface area contributed by atoms with E-state index >= 15 is 0 Å². The van der Waals surface area contributed by atoms with Crippen molar-refractivity contribution in [1.29, 1.82) is 0 Å². The van der Waals surface area contributed by atoms with Crippen LogP contribution >= 0.6 is 11.3 Å². The molecule has 0 unspecified atom stereocenters. The van der Waals surface area contributed by atoms with Gasteiger partial charge in [-0.05, 0) is 38.4 Å². The largest absolute Gasteiger partial charge is 0.378 e. The maximum atomic E-state index is 12.9. The smallest absolute Gasteiger partial charge is 0.280 e. The number of rotatable bonds is 6. The number of fused-ring (bicyclic) bond motifs is 1. The number of nitrogens with one attached hydrogen (secondary N) is 3. The van der Waals surface area contributed by atoms with Crippen molar-refractivity contribution in [2.24, 2.45) is 5.10 Å². The molecule has 0 radical (unpaired) electrons. The molecule has 11 heteroatoms. The Kier molecular flexibility index (Phi) is 6.93. The Balaban J connectivity index is 1.41. The van der Waals surface area contributed by atoms with E-state index in [9.17, 15) is 4.79 Å². The van der Waals surface area contributed by atoms with Gasteiger partial charge in [0.05, 0.1) is 19.4 Å². The van der Waals surface area contributed by atoms with Gasteiger partial charge in [-0.1, -0.05) is 29.8 Å². The molecule has 4 heterocycles. The van der Waals surface area contributed by atoms with Crippen molar-refractivity contribution in [1.82, 2.24) is 25.6 Å². The second-order valence-corrected chi connectivity index (χ2v) is 9.42. The predicted octanol–water partition coefficient (Wildman–Crippen LogP) is 2.16. The van der Waals surface area contributed by atoms with Crippen LogP contribution in [0.15, 0.2) is 29.4 Å². The number of nitrogens with zero attached hydrogens (tertiary/aromatic N) is 5. The summed E-state index contributed by atoms with van der Waals surface area (Å²) in [7, 11) is 0. The minimum Gasteiger partial charge on any atom is -0.378 e. The van der Waals surface area contributed by atoms with Crippen LogP contribution < -0.4 is 21.0 Å². The van der Waals surface area contributed by atoms with Gasteiger partial charge in [-0.25, -0.2) is 10.4 Å². The van der Waals surface area contributed by atoms with Gasteiger partial charge in [0, 0.05) is 19.1 Å². The lowest BCUT2D eigenvalue weighted by Crippen LogP contribution is -2.42.